The molecule has 16 heavy (non-hydrogen) atoms. The summed E-state index contributed by atoms with van der Waals surface area (Å²) in [6.07, 6.45) is 2.90. The second-order valence-electron chi connectivity index (χ2n) is 4.16. The van der Waals surface area contributed by atoms with E-state index in [4.69, 9.17) is 4.74 Å². The van der Waals surface area contributed by atoms with E-state index in [9.17, 15) is 10.4 Å². The van der Waals surface area contributed by atoms with E-state index >= 15 is 0 Å². The highest BCUT2D eigenvalue weighted by Crippen LogP contribution is 2.45. The average molecular weight is 217 g/mol. The van der Waals surface area contributed by atoms with Gasteiger partial charge in [-0.15, -0.1) is 0 Å². The quantitative estimate of drug-likeness (QED) is 0.846. The number of ether oxygens (including phenoxy) is 1. The zero-order valence-electron chi connectivity index (χ0n) is 9.36. The first-order chi connectivity index (χ1) is 7.72. The summed E-state index contributed by atoms with van der Waals surface area (Å²) in [5.74, 6) is 0.611. The highest BCUT2D eigenvalue weighted by Gasteiger charge is 2.39. The van der Waals surface area contributed by atoms with E-state index in [1.807, 2.05) is 13.0 Å². The van der Waals surface area contributed by atoms with Gasteiger partial charge in [-0.25, -0.2) is 0 Å². The summed E-state index contributed by atoms with van der Waals surface area (Å²) < 4.78 is 5.33. The monoisotopic (exact) mass is 217 g/mol. The van der Waals surface area contributed by atoms with Crippen molar-refractivity contribution in [3.05, 3.63) is 23.8 Å². The van der Waals surface area contributed by atoms with Gasteiger partial charge in [-0.3, -0.25) is 0 Å². The molecule has 0 aromatic heterocycles. The molecule has 2 rings (SSSR count). The van der Waals surface area contributed by atoms with Crippen LogP contribution in [0.15, 0.2) is 18.2 Å². The summed E-state index contributed by atoms with van der Waals surface area (Å²) in [7, 11) is 0. The fourth-order valence-electron chi connectivity index (χ4n) is 2.08. The van der Waals surface area contributed by atoms with Crippen LogP contribution in [0.2, 0.25) is 0 Å². The lowest BCUT2D eigenvalue weighted by Crippen LogP contribution is -2.32. The molecule has 0 amide bonds. The predicted octanol–water partition coefficient (Wildman–Crippen LogP) is 2.74. The maximum Gasteiger partial charge on any atom is 0.161 e. The van der Waals surface area contributed by atoms with E-state index in [2.05, 4.69) is 6.07 Å². The molecular formula is C13H15NO2. The second kappa shape index (κ2) is 4.05. The topological polar surface area (TPSA) is 53.2 Å². The standard InChI is InChI=1S/C13H15NO2/c1-2-16-12-8-10(4-5-11(12)15)13(9-14)6-3-7-13/h4-5,8,15H,2-3,6-7H2,1H3. The lowest BCUT2D eigenvalue weighted by molar-refractivity contribution is 0.306. The van der Waals surface area contributed by atoms with Gasteiger partial charge in [0, 0.05) is 0 Å². The summed E-state index contributed by atoms with van der Waals surface area (Å²) in [5.41, 5.74) is 0.613. The molecule has 1 aliphatic carbocycles. The maximum absolute atomic E-state index is 9.59. The van der Waals surface area contributed by atoms with Crippen molar-refractivity contribution in [2.75, 3.05) is 6.61 Å². The first-order valence-corrected chi connectivity index (χ1v) is 5.59. The van der Waals surface area contributed by atoms with Gasteiger partial charge in [-0.1, -0.05) is 6.07 Å². The van der Waals surface area contributed by atoms with Crippen LogP contribution in [0.25, 0.3) is 0 Å². The molecule has 0 unspecified atom stereocenters. The summed E-state index contributed by atoms with van der Waals surface area (Å²) in [6, 6.07) is 7.60. The number of hydrogen-bond acceptors (Lipinski definition) is 3. The maximum atomic E-state index is 9.59. The number of nitrogens with zero attached hydrogens (tertiary/aromatic N) is 1. The number of benzene rings is 1. The summed E-state index contributed by atoms with van der Waals surface area (Å²) >= 11 is 0. The molecule has 3 heteroatoms. The van der Waals surface area contributed by atoms with Crippen molar-refractivity contribution in [2.24, 2.45) is 0 Å². The largest absolute Gasteiger partial charge is 0.504 e. The number of rotatable bonds is 3. The van der Waals surface area contributed by atoms with Crippen molar-refractivity contribution < 1.29 is 9.84 Å². The third-order valence-corrected chi connectivity index (χ3v) is 3.23. The number of phenolic OH excluding ortho intramolecular Hbond substituents is 1. The zero-order chi connectivity index (χ0) is 11.6. The van der Waals surface area contributed by atoms with Gasteiger partial charge in [0.15, 0.2) is 11.5 Å². The van der Waals surface area contributed by atoms with Gasteiger partial charge in [-0.05, 0) is 43.9 Å². The molecule has 1 fully saturated rings. The smallest absolute Gasteiger partial charge is 0.161 e. The Hall–Kier alpha value is -1.69. The third-order valence-electron chi connectivity index (χ3n) is 3.23. The molecule has 0 saturated heterocycles. The molecule has 3 nitrogen and oxygen atoms in total. The Morgan fingerprint density at radius 2 is 2.25 bits per heavy atom. The third kappa shape index (κ3) is 1.61. The number of phenols is 1. The van der Waals surface area contributed by atoms with Crippen LogP contribution in [0, 0.1) is 11.3 Å². The van der Waals surface area contributed by atoms with Crippen LogP contribution in [0.4, 0.5) is 0 Å². The Labute approximate surface area is 95.3 Å². The Morgan fingerprint density at radius 3 is 2.75 bits per heavy atom. The van der Waals surface area contributed by atoms with Crippen molar-refractivity contribution in [3.8, 4) is 17.6 Å². The normalized spacial score (nSPS) is 17.2. The highest BCUT2D eigenvalue weighted by molar-refractivity contribution is 5.47. The summed E-state index contributed by atoms with van der Waals surface area (Å²) in [5, 5.41) is 18.8. The lowest BCUT2D eigenvalue weighted by atomic mass is 9.65. The summed E-state index contributed by atoms with van der Waals surface area (Å²) in [4.78, 5) is 0. The Kier molecular flexibility index (Phi) is 2.74. The fourth-order valence-corrected chi connectivity index (χ4v) is 2.08. The molecule has 0 heterocycles. The van der Waals surface area contributed by atoms with Crippen LogP contribution < -0.4 is 4.74 Å². The van der Waals surface area contributed by atoms with Gasteiger partial charge < -0.3 is 9.84 Å². The minimum atomic E-state index is -0.348. The van der Waals surface area contributed by atoms with Gasteiger partial charge >= 0.3 is 0 Å². The van der Waals surface area contributed by atoms with E-state index in [1.54, 1.807) is 12.1 Å². The number of hydrogen-bond donors (Lipinski definition) is 1. The first-order valence-electron chi connectivity index (χ1n) is 5.59. The van der Waals surface area contributed by atoms with E-state index in [0.29, 0.717) is 12.4 Å². The van der Waals surface area contributed by atoms with Crippen LogP contribution in [-0.2, 0) is 5.41 Å². The molecule has 1 aromatic carbocycles. The van der Waals surface area contributed by atoms with Crippen LogP contribution in [-0.4, -0.2) is 11.7 Å². The van der Waals surface area contributed by atoms with Gasteiger partial charge in [0.25, 0.3) is 0 Å². The molecule has 1 aliphatic rings. The molecule has 0 aliphatic heterocycles. The Morgan fingerprint density at radius 1 is 1.50 bits per heavy atom. The van der Waals surface area contributed by atoms with Crippen molar-refractivity contribution in [3.63, 3.8) is 0 Å². The second-order valence-corrected chi connectivity index (χ2v) is 4.16. The van der Waals surface area contributed by atoms with Gasteiger partial charge in [0.05, 0.1) is 18.1 Å². The van der Waals surface area contributed by atoms with E-state index in [-0.39, 0.29) is 11.2 Å². The van der Waals surface area contributed by atoms with E-state index in [0.717, 1.165) is 24.8 Å². The minimum absolute atomic E-state index is 0.137. The van der Waals surface area contributed by atoms with Crippen molar-refractivity contribution in [1.82, 2.24) is 0 Å². The minimum Gasteiger partial charge on any atom is -0.504 e. The molecule has 0 bridgehead atoms. The van der Waals surface area contributed by atoms with Crippen LogP contribution in [0.3, 0.4) is 0 Å². The molecule has 0 spiro atoms. The van der Waals surface area contributed by atoms with Crippen LogP contribution in [0.1, 0.15) is 31.7 Å². The van der Waals surface area contributed by atoms with Crippen LogP contribution >= 0.6 is 0 Å². The molecule has 0 radical (unpaired) electrons. The SMILES string of the molecule is CCOc1cc(C2(C#N)CCC2)ccc1O. The molecule has 0 atom stereocenters. The van der Waals surface area contributed by atoms with Gasteiger partial charge in [0.2, 0.25) is 0 Å². The van der Waals surface area contributed by atoms with E-state index in [1.165, 1.54) is 0 Å². The van der Waals surface area contributed by atoms with Crippen LogP contribution in [0.5, 0.6) is 11.5 Å². The number of nitriles is 1. The average Bonchev–Trinajstić information content (AvgIpc) is 2.22. The van der Waals surface area contributed by atoms with E-state index < -0.39 is 0 Å². The van der Waals surface area contributed by atoms with Crippen molar-refractivity contribution in [2.45, 2.75) is 31.6 Å². The first kappa shape index (κ1) is 10.8. The van der Waals surface area contributed by atoms with Crippen molar-refractivity contribution in [1.29, 1.82) is 5.26 Å². The van der Waals surface area contributed by atoms with Gasteiger partial charge in [0.1, 0.15) is 0 Å². The molecular weight excluding hydrogens is 202 g/mol. The molecule has 84 valence electrons. The van der Waals surface area contributed by atoms with Gasteiger partial charge in [-0.2, -0.15) is 5.26 Å². The fraction of sp³-hybridized carbons (Fsp3) is 0.462. The Balaban J connectivity index is 2.36. The Bertz CT molecular complexity index is 430. The zero-order valence-corrected chi connectivity index (χ0v) is 9.36. The summed E-state index contributed by atoms with van der Waals surface area (Å²) in [6.45, 7) is 2.38. The predicted molar refractivity (Wildman–Crippen MR) is 60.4 cm³/mol. The van der Waals surface area contributed by atoms with Crippen molar-refractivity contribution >= 4 is 0 Å². The number of aromatic hydroxyl groups is 1. The highest BCUT2D eigenvalue weighted by atomic mass is 16.5. The lowest BCUT2D eigenvalue weighted by Gasteiger charge is -2.35. The molecule has 1 saturated carbocycles. The molecule has 1 aromatic rings. The molecule has 1 N–H and O–H groups in total.